The third kappa shape index (κ3) is 5.19. The molecule has 0 heterocycles. The zero-order valence-corrected chi connectivity index (χ0v) is 12.3. The molecule has 2 heteroatoms. The monoisotopic (exact) mass is 248 g/mol. The minimum absolute atomic E-state index is 0.152. The molecule has 0 aliphatic heterocycles. The Morgan fingerprint density at radius 1 is 1.06 bits per heavy atom. The lowest BCUT2D eigenvalue weighted by Crippen LogP contribution is -2.36. The van der Waals surface area contributed by atoms with Gasteiger partial charge in [-0.3, -0.25) is 0 Å². The van der Waals surface area contributed by atoms with E-state index in [1.807, 2.05) is 6.07 Å². The maximum Gasteiger partial charge on any atom is 0.0307 e. The lowest BCUT2D eigenvalue weighted by atomic mass is 10.0. The fraction of sp³-hybridized carbons (Fsp3) is 0.625. The van der Waals surface area contributed by atoms with Crippen LogP contribution in [0.15, 0.2) is 30.3 Å². The van der Waals surface area contributed by atoms with Gasteiger partial charge in [-0.05, 0) is 31.7 Å². The first-order valence-electron chi connectivity index (χ1n) is 7.05. The zero-order chi connectivity index (χ0) is 13.5. The average Bonchev–Trinajstić information content (AvgIpc) is 2.34. The van der Waals surface area contributed by atoms with E-state index in [1.165, 1.54) is 5.56 Å². The first-order valence-corrected chi connectivity index (χ1v) is 7.05. The number of benzene rings is 1. The number of rotatable bonds is 7. The van der Waals surface area contributed by atoms with E-state index in [-0.39, 0.29) is 6.04 Å². The van der Waals surface area contributed by atoms with Crippen LogP contribution in [0.5, 0.6) is 0 Å². The first-order chi connectivity index (χ1) is 8.50. The average molecular weight is 248 g/mol. The van der Waals surface area contributed by atoms with Gasteiger partial charge in [0.05, 0.1) is 0 Å². The molecule has 0 fully saturated rings. The predicted molar refractivity (Wildman–Crippen MR) is 79.5 cm³/mol. The van der Waals surface area contributed by atoms with Gasteiger partial charge < -0.3 is 10.6 Å². The molecule has 1 atom stereocenters. The van der Waals surface area contributed by atoms with Gasteiger partial charge >= 0.3 is 0 Å². The van der Waals surface area contributed by atoms with E-state index in [9.17, 15) is 0 Å². The second kappa shape index (κ2) is 7.55. The molecule has 102 valence electrons. The standard InChI is InChI=1S/C16H28N2/c1-13(2)12-18(14(3)4)11-10-16(17)15-8-6-5-7-9-15/h5-9,13-14,16H,10-12,17H2,1-4H3. The Morgan fingerprint density at radius 3 is 2.17 bits per heavy atom. The van der Waals surface area contributed by atoms with Crippen molar-refractivity contribution in [1.82, 2.24) is 4.90 Å². The van der Waals surface area contributed by atoms with Crippen LogP contribution < -0.4 is 5.73 Å². The van der Waals surface area contributed by atoms with Gasteiger partial charge in [-0.25, -0.2) is 0 Å². The Hall–Kier alpha value is -0.860. The normalized spacial score (nSPS) is 13.6. The Morgan fingerprint density at radius 2 is 1.67 bits per heavy atom. The van der Waals surface area contributed by atoms with Gasteiger partial charge in [0.15, 0.2) is 0 Å². The number of hydrogen-bond acceptors (Lipinski definition) is 2. The molecule has 0 aliphatic rings. The van der Waals surface area contributed by atoms with Gasteiger partial charge in [0.25, 0.3) is 0 Å². The van der Waals surface area contributed by atoms with Crippen LogP contribution >= 0.6 is 0 Å². The van der Waals surface area contributed by atoms with Gasteiger partial charge in [-0.15, -0.1) is 0 Å². The van der Waals surface area contributed by atoms with Crippen LogP contribution in [0.25, 0.3) is 0 Å². The molecule has 0 saturated heterocycles. The van der Waals surface area contributed by atoms with Crippen molar-refractivity contribution in [1.29, 1.82) is 0 Å². The molecule has 18 heavy (non-hydrogen) atoms. The summed E-state index contributed by atoms with van der Waals surface area (Å²) in [6.07, 6.45) is 1.02. The predicted octanol–water partition coefficient (Wildman–Crippen LogP) is 3.44. The first kappa shape index (κ1) is 15.2. The molecule has 1 unspecified atom stereocenters. The molecular weight excluding hydrogens is 220 g/mol. The molecule has 2 nitrogen and oxygen atoms in total. The second-order valence-electron chi connectivity index (χ2n) is 5.79. The Kier molecular flexibility index (Phi) is 6.37. The molecule has 2 N–H and O–H groups in total. The summed E-state index contributed by atoms with van der Waals surface area (Å²) in [5, 5.41) is 0. The molecule has 1 aromatic rings. The molecule has 0 aliphatic carbocycles. The summed E-state index contributed by atoms with van der Waals surface area (Å²) in [6, 6.07) is 11.1. The minimum atomic E-state index is 0.152. The van der Waals surface area contributed by atoms with Crippen molar-refractivity contribution < 1.29 is 0 Å². The summed E-state index contributed by atoms with van der Waals surface area (Å²) < 4.78 is 0. The summed E-state index contributed by atoms with van der Waals surface area (Å²) in [6.45, 7) is 11.3. The van der Waals surface area contributed by atoms with Crippen LogP contribution in [0.4, 0.5) is 0 Å². The summed E-state index contributed by atoms with van der Waals surface area (Å²) in [5.41, 5.74) is 7.49. The minimum Gasteiger partial charge on any atom is -0.324 e. The highest BCUT2D eigenvalue weighted by Gasteiger charge is 2.13. The smallest absolute Gasteiger partial charge is 0.0307 e. The number of nitrogens with zero attached hydrogens (tertiary/aromatic N) is 1. The van der Waals surface area contributed by atoms with Crippen LogP contribution in [-0.4, -0.2) is 24.0 Å². The van der Waals surface area contributed by atoms with Crippen molar-refractivity contribution in [2.45, 2.75) is 46.2 Å². The van der Waals surface area contributed by atoms with E-state index in [2.05, 4.69) is 56.9 Å². The Bertz CT molecular complexity index is 319. The van der Waals surface area contributed by atoms with Crippen LogP contribution in [-0.2, 0) is 0 Å². The lowest BCUT2D eigenvalue weighted by molar-refractivity contribution is 0.191. The molecule has 1 aromatic carbocycles. The Balaban J connectivity index is 2.47. The third-order valence-electron chi connectivity index (χ3n) is 3.28. The summed E-state index contributed by atoms with van der Waals surface area (Å²) in [4.78, 5) is 2.52. The van der Waals surface area contributed by atoms with Gasteiger partial charge in [0, 0.05) is 25.2 Å². The largest absolute Gasteiger partial charge is 0.324 e. The third-order valence-corrected chi connectivity index (χ3v) is 3.28. The molecule has 0 amide bonds. The van der Waals surface area contributed by atoms with E-state index in [0.29, 0.717) is 12.0 Å². The fourth-order valence-corrected chi connectivity index (χ4v) is 2.20. The lowest BCUT2D eigenvalue weighted by Gasteiger charge is -2.29. The van der Waals surface area contributed by atoms with Gasteiger partial charge in [-0.1, -0.05) is 44.2 Å². The summed E-state index contributed by atoms with van der Waals surface area (Å²) in [7, 11) is 0. The maximum absolute atomic E-state index is 6.25. The molecule has 0 saturated carbocycles. The van der Waals surface area contributed by atoms with Crippen LogP contribution in [0.3, 0.4) is 0 Å². The van der Waals surface area contributed by atoms with Crippen LogP contribution in [0.2, 0.25) is 0 Å². The van der Waals surface area contributed by atoms with Gasteiger partial charge in [0.1, 0.15) is 0 Å². The maximum atomic E-state index is 6.25. The molecule has 0 radical (unpaired) electrons. The highest BCUT2D eigenvalue weighted by Crippen LogP contribution is 2.15. The van der Waals surface area contributed by atoms with Gasteiger partial charge in [-0.2, -0.15) is 0 Å². The second-order valence-corrected chi connectivity index (χ2v) is 5.79. The van der Waals surface area contributed by atoms with Crippen molar-refractivity contribution in [3.8, 4) is 0 Å². The van der Waals surface area contributed by atoms with E-state index in [4.69, 9.17) is 5.73 Å². The summed E-state index contributed by atoms with van der Waals surface area (Å²) in [5.74, 6) is 0.709. The molecule has 0 aromatic heterocycles. The summed E-state index contributed by atoms with van der Waals surface area (Å²) >= 11 is 0. The van der Waals surface area contributed by atoms with E-state index in [0.717, 1.165) is 19.5 Å². The van der Waals surface area contributed by atoms with Crippen molar-refractivity contribution in [3.63, 3.8) is 0 Å². The van der Waals surface area contributed by atoms with Gasteiger partial charge in [0.2, 0.25) is 0 Å². The molecule has 1 rings (SSSR count). The molecule has 0 spiro atoms. The zero-order valence-electron chi connectivity index (χ0n) is 12.3. The molecular formula is C16H28N2. The number of nitrogens with two attached hydrogens (primary N) is 1. The van der Waals surface area contributed by atoms with Crippen LogP contribution in [0, 0.1) is 5.92 Å². The van der Waals surface area contributed by atoms with Crippen molar-refractivity contribution >= 4 is 0 Å². The Labute approximate surface area is 112 Å². The van der Waals surface area contributed by atoms with E-state index in [1.54, 1.807) is 0 Å². The van der Waals surface area contributed by atoms with E-state index < -0.39 is 0 Å². The van der Waals surface area contributed by atoms with Crippen molar-refractivity contribution in [2.24, 2.45) is 11.7 Å². The fourth-order valence-electron chi connectivity index (χ4n) is 2.20. The van der Waals surface area contributed by atoms with Crippen LogP contribution in [0.1, 0.15) is 45.7 Å². The molecule has 0 bridgehead atoms. The quantitative estimate of drug-likeness (QED) is 0.801. The highest BCUT2D eigenvalue weighted by molar-refractivity contribution is 5.18. The topological polar surface area (TPSA) is 29.3 Å². The highest BCUT2D eigenvalue weighted by atomic mass is 15.1. The van der Waals surface area contributed by atoms with Crippen molar-refractivity contribution in [3.05, 3.63) is 35.9 Å². The van der Waals surface area contributed by atoms with Crippen molar-refractivity contribution in [2.75, 3.05) is 13.1 Å². The van der Waals surface area contributed by atoms with E-state index >= 15 is 0 Å². The number of hydrogen-bond donors (Lipinski definition) is 1. The SMILES string of the molecule is CC(C)CN(CCC(N)c1ccccc1)C(C)C.